The Balaban J connectivity index is 2.07. The number of nitro groups is 1. The van der Waals surface area contributed by atoms with E-state index in [0.29, 0.717) is 32.7 Å². The number of carbonyl (C=O) groups excluding carboxylic acids is 1. The Hall–Kier alpha value is -1.70. The highest BCUT2D eigenvalue weighted by Gasteiger charge is 2.24. The van der Waals surface area contributed by atoms with E-state index in [9.17, 15) is 14.9 Å². The molecule has 2 rings (SSSR count). The van der Waals surface area contributed by atoms with Crippen molar-refractivity contribution in [2.75, 3.05) is 39.3 Å². The molecule has 1 heterocycles. The second-order valence-corrected chi connectivity index (χ2v) is 5.19. The first-order chi connectivity index (χ1) is 10.0. The summed E-state index contributed by atoms with van der Waals surface area (Å²) >= 11 is 5.74. The number of rotatable bonds is 4. The molecule has 0 aromatic heterocycles. The maximum Gasteiger partial charge on any atom is 0.288 e. The Morgan fingerprint density at radius 2 is 2.00 bits per heavy atom. The largest absolute Gasteiger partial charge is 0.395 e. The van der Waals surface area contributed by atoms with Gasteiger partial charge in [0, 0.05) is 44.4 Å². The van der Waals surface area contributed by atoms with Crippen molar-refractivity contribution in [1.82, 2.24) is 9.80 Å². The number of hydrogen-bond acceptors (Lipinski definition) is 5. The van der Waals surface area contributed by atoms with Crippen molar-refractivity contribution in [1.29, 1.82) is 0 Å². The molecule has 1 amide bonds. The molecule has 0 unspecified atom stereocenters. The highest BCUT2D eigenvalue weighted by molar-refractivity contribution is 6.32. The molecule has 1 saturated heterocycles. The first kappa shape index (κ1) is 15.7. The number of β-amino-alcohol motifs (C(OH)–C–C–N with tert-alkyl or cyclic N) is 1. The summed E-state index contributed by atoms with van der Waals surface area (Å²) in [6.07, 6.45) is 0. The van der Waals surface area contributed by atoms with Crippen molar-refractivity contribution in [3.63, 3.8) is 0 Å². The first-order valence-electron chi connectivity index (χ1n) is 6.59. The van der Waals surface area contributed by atoms with E-state index in [1.54, 1.807) is 4.90 Å². The monoisotopic (exact) mass is 313 g/mol. The maximum absolute atomic E-state index is 12.3. The van der Waals surface area contributed by atoms with E-state index in [2.05, 4.69) is 4.90 Å². The standard InChI is InChI=1S/C13H16ClN3O4/c14-11-2-1-10(9-12(11)17(20)21)13(19)16-5-3-15(4-6-16)7-8-18/h1-2,9,18H,3-8H2. The van der Waals surface area contributed by atoms with Gasteiger partial charge in [-0.25, -0.2) is 0 Å². The molecule has 21 heavy (non-hydrogen) atoms. The van der Waals surface area contributed by atoms with Gasteiger partial charge in [0.05, 0.1) is 11.5 Å². The summed E-state index contributed by atoms with van der Waals surface area (Å²) in [5.41, 5.74) is 0.00291. The van der Waals surface area contributed by atoms with Gasteiger partial charge in [0.15, 0.2) is 0 Å². The maximum atomic E-state index is 12.3. The van der Waals surface area contributed by atoms with Gasteiger partial charge in [-0.05, 0) is 12.1 Å². The van der Waals surface area contributed by atoms with E-state index < -0.39 is 4.92 Å². The van der Waals surface area contributed by atoms with Gasteiger partial charge in [0.1, 0.15) is 5.02 Å². The van der Waals surface area contributed by atoms with Gasteiger partial charge in [-0.15, -0.1) is 0 Å². The fourth-order valence-electron chi connectivity index (χ4n) is 2.28. The third kappa shape index (κ3) is 3.69. The molecule has 1 aromatic rings. The molecule has 0 saturated carbocycles. The molecule has 1 aliphatic heterocycles. The molecule has 7 nitrogen and oxygen atoms in total. The number of piperazine rings is 1. The zero-order valence-electron chi connectivity index (χ0n) is 11.4. The highest BCUT2D eigenvalue weighted by Crippen LogP contribution is 2.25. The molecule has 0 radical (unpaired) electrons. The molecule has 0 bridgehead atoms. The number of nitro benzene ring substituents is 1. The SMILES string of the molecule is O=C(c1ccc(Cl)c([N+](=O)[O-])c1)N1CCN(CCO)CC1. The van der Waals surface area contributed by atoms with Gasteiger partial charge in [0.2, 0.25) is 0 Å². The molecular formula is C13H16ClN3O4. The number of benzene rings is 1. The van der Waals surface area contributed by atoms with Gasteiger partial charge in [-0.2, -0.15) is 0 Å². The van der Waals surface area contributed by atoms with Crippen LogP contribution in [-0.2, 0) is 0 Å². The number of nitrogens with zero attached hydrogens (tertiary/aromatic N) is 3. The normalized spacial score (nSPS) is 16.0. The van der Waals surface area contributed by atoms with Crippen molar-refractivity contribution < 1.29 is 14.8 Å². The van der Waals surface area contributed by atoms with Gasteiger partial charge >= 0.3 is 0 Å². The molecule has 1 aromatic carbocycles. The number of hydrogen-bond donors (Lipinski definition) is 1. The van der Waals surface area contributed by atoms with Crippen molar-refractivity contribution in [2.24, 2.45) is 0 Å². The van der Waals surface area contributed by atoms with Crippen LogP contribution in [0.3, 0.4) is 0 Å². The number of aliphatic hydroxyl groups is 1. The average Bonchev–Trinajstić information content (AvgIpc) is 2.48. The average molecular weight is 314 g/mol. The summed E-state index contributed by atoms with van der Waals surface area (Å²) in [6, 6.07) is 4.08. The van der Waals surface area contributed by atoms with Crippen LogP contribution in [0.2, 0.25) is 5.02 Å². The van der Waals surface area contributed by atoms with Crippen LogP contribution in [0.15, 0.2) is 18.2 Å². The minimum Gasteiger partial charge on any atom is -0.395 e. The smallest absolute Gasteiger partial charge is 0.288 e. The van der Waals surface area contributed by atoms with Crippen LogP contribution in [-0.4, -0.2) is 65.1 Å². The minimum atomic E-state index is -0.599. The molecular weight excluding hydrogens is 298 g/mol. The Morgan fingerprint density at radius 3 is 2.57 bits per heavy atom. The van der Waals surface area contributed by atoms with Crippen molar-refractivity contribution >= 4 is 23.2 Å². The predicted octanol–water partition coefficient (Wildman–Crippen LogP) is 0.998. The van der Waals surface area contributed by atoms with Crippen molar-refractivity contribution in [2.45, 2.75) is 0 Å². The zero-order valence-corrected chi connectivity index (χ0v) is 12.1. The van der Waals surface area contributed by atoms with Crippen molar-refractivity contribution in [3.8, 4) is 0 Å². The van der Waals surface area contributed by atoms with Gasteiger partial charge < -0.3 is 10.0 Å². The van der Waals surface area contributed by atoms with Crippen LogP contribution in [0.5, 0.6) is 0 Å². The second kappa shape index (κ2) is 6.84. The molecule has 1 aliphatic rings. The Bertz CT molecular complexity index is 544. The topological polar surface area (TPSA) is 86.9 Å². The summed E-state index contributed by atoms with van der Waals surface area (Å²) in [5, 5.41) is 19.8. The fraction of sp³-hybridized carbons (Fsp3) is 0.462. The molecule has 114 valence electrons. The quantitative estimate of drug-likeness (QED) is 0.662. The minimum absolute atomic E-state index is 0.0179. The van der Waals surface area contributed by atoms with Crippen LogP contribution in [0.1, 0.15) is 10.4 Å². The van der Waals surface area contributed by atoms with E-state index in [4.69, 9.17) is 16.7 Å². The number of halogens is 1. The molecule has 0 spiro atoms. The molecule has 1 fully saturated rings. The highest BCUT2D eigenvalue weighted by atomic mass is 35.5. The van der Waals surface area contributed by atoms with Crippen LogP contribution in [0, 0.1) is 10.1 Å². The lowest BCUT2D eigenvalue weighted by Crippen LogP contribution is -2.49. The Labute approximate surface area is 126 Å². The summed E-state index contributed by atoms with van der Waals surface area (Å²) in [4.78, 5) is 26.3. The van der Waals surface area contributed by atoms with Gasteiger partial charge in [0.25, 0.3) is 11.6 Å². The summed E-state index contributed by atoms with van der Waals surface area (Å²) < 4.78 is 0. The van der Waals surface area contributed by atoms with E-state index >= 15 is 0 Å². The van der Waals surface area contributed by atoms with Crippen LogP contribution >= 0.6 is 11.6 Å². The summed E-state index contributed by atoms with van der Waals surface area (Å²) in [6.45, 7) is 3.13. The number of carbonyl (C=O) groups is 1. The second-order valence-electron chi connectivity index (χ2n) is 4.78. The van der Waals surface area contributed by atoms with Crippen LogP contribution in [0.25, 0.3) is 0 Å². The lowest BCUT2D eigenvalue weighted by atomic mass is 10.1. The van der Waals surface area contributed by atoms with E-state index in [1.807, 2.05) is 0 Å². The molecule has 0 aliphatic carbocycles. The molecule has 1 N–H and O–H groups in total. The van der Waals surface area contributed by atoms with Crippen LogP contribution in [0.4, 0.5) is 5.69 Å². The van der Waals surface area contributed by atoms with E-state index in [1.165, 1.54) is 18.2 Å². The first-order valence-corrected chi connectivity index (χ1v) is 6.97. The van der Waals surface area contributed by atoms with E-state index in [0.717, 1.165) is 0 Å². The van der Waals surface area contributed by atoms with Crippen molar-refractivity contribution in [3.05, 3.63) is 38.9 Å². The lowest BCUT2D eigenvalue weighted by molar-refractivity contribution is -0.384. The molecule has 0 atom stereocenters. The summed E-state index contributed by atoms with van der Waals surface area (Å²) in [7, 11) is 0. The molecule has 8 heteroatoms. The third-order valence-electron chi connectivity index (χ3n) is 3.47. The fourth-order valence-corrected chi connectivity index (χ4v) is 2.47. The van der Waals surface area contributed by atoms with Gasteiger partial charge in [-0.3, -0.25) is 19.8 Å². The predicted molar refractivity (Wildman–Crippen MR) is 77.5 cm³/mol. The van der Waals surface area contributed by atoms with Crippen LogP contribution < -0.4 is 0 Å². The Kier molecular flexibility index (Phi) is 5.11. The Morgan fingerprint density at radius 1 is 1.33 bits per heavy atom. The van der Waals surface area contributed by atoms with Gasteiger partial charge in [-0.1, -0.05) is 11.6 Å². The summed E-state index contributed by atoms with van der Waals surface area (Å²) in [5.74, 6) is -0.238. The lowest BCUT2D eigenvalue weighted by Gasteiger charge is -2.34. The zero-order chi connectivity index (χ0) is 15.4. The van der Waals surface area contributed by atoms with E-state index in [-0.39, 0.29) is 28.8 Å². The number of aliphatic hydroxyl groups excluding tert-OH is 1. The number of amides is 1. The third-order valence-corrected chi connectivity index (χ3v) is 3.79.